The molecule has 3 heteroatoms. The van der Waals surface area contributed by atoms with Crippen LogP contribution in [0.25, 0.3) is 0 Å². The van der Waals surface area contributed by atoms with Gasteiger partial charge in [0.1, 0.15) is 0 Å². The highest BCUT2D eigenvalue weighted by Crippen LogP contribution is 2.43. The average Bonchev–Trinajstić information content (AvgIpc) is 2.41. The van der Waals surface area contributed by atoms with E-state index in [9.17, 15) is 0 Å². The van der Waals surface area contributed by atoms with E-state index in [2.05, 4.69) is 83.1 Å². The minimum atomic E-state index is -1.58. The van der Waals surface area contributed by atoms with E-state index in [0.717, 1.165) is 35.5 Å². The molecule has 0 heterocycles. The summed E-state index contributed by atoms with van der Waals surface area (Å²) in [5.41, 5.74) is 7.65. The first-order valence-corrected chi connectivity index (χ1v) is 17.8. The molecule has 0 rings (SSSR count). The van der Waals surface area contributed by atoms with Crippen molar-refractivity contribution in [2.45, 2.75) is 125 Å². The maximum Gasteiger partial charge on any atom is 0.0695 e. The fourth-order valence-corrected chi connectivity index (χ4v) is 26.4. The predicted molar refractivity (Wildman–Crippen MR) is 137 cm³/mol. The lowest BCUT2D eigenvalue weighted by atomic mass is 10.2. The lowest BCUT2D eigenvalue weighted by Crippen LogP contribution is -2.69. The number of nitrogens with two attached hydrogens (primary N) is 1. The number of hydrogen-bond donors (Lipinski definition) is 1. The summed E-state index contributed by atoms with van der Waals surface area (Å²) in [5.74, 6) is 4.66. The molecule has 0 spiro atoms. The molecular formula is C25H57NSi2. The molecule has 0 amide bonds. The zero-order valence-electron chi connectivity index (χ0n) is 21.9. The van der Waals surface area contributed by atoms with Gasteiger partial charge in [0.2, 0.25) is 0 Å². The van der Waals surface area contributed by atoms with E-state index in [4.69, 9.17) is 5.73 Å². The summed E-state index contributed by atoms with van der Waals surface area (Å²) in [5, 5.41) is 0.555. The Morgan fingerprint density at radius 3 is 0.643 bits per heavy atom. The van der Waals surface area contributed by atoms with Crippen molar-refractivity contribution in [1.29, 1.82) is 0 Å². The molecule has 0 fully saturated rings. The maximum atomic E-state index is 7.65. The lowest BCUT2D eigenvalue weighted by molar-refractivity contribution is 0.611. The zero-order chi connectivity index (χ0) is 22.3. The summed E-state index contributed by atoms with van der Waals surface area (Å²) < 4.78 is 0. The van der Waals surface area contributed by atoms with Crippen LogP contribution in [0.4, 0.5) is 0 Å². The Balaban J connectivity index is 6.49. The SMILES string of the molecule is CC(C)C[Si](CC(C)C)(CC(C)C)C(N)[Si](CC(C)C)(CC(C)C)CC(C)C. The summed E-state index contributed by atoms with van der Waals surface area (Å²) in [4.78, 5) is 0. The van der Waals surface area contributed by atoms with Crippen molar-refractivity contribution in [1.82, 2.24) is 0 Å². The molecule has 0 atom stereocenters. The van der Waals surface area contributed by atoms with Gasteiger partial charge in [-0.2, -0.15) is 0 Å². The second kappa shape index (κ2) is 12.3. The zero-order valence-corrected chi connectivity index (χ0v) is 23.9. The van der Waals surface area contributed by atoms with Gasteiger partial charge in [0.25, 0.3) is 0 Å². The molecule has 0 unspecified atom stereocenters. The molecule has 0 aromatic carbocycles. The topological polar surface area (TPSA) is 26.0 Å². The third-order valence-corrected chi connectivity index (χ3v) is 22.3. The van der Waals surface area contributed by atoms with E-state index in [1.54, 1.807) is 0 Å². The molecule has 0 aliphatic rings. The third kappa shape index (κ3) is 9.47. The molecule has 1 nitrogen and oxygen atoms in total. The molecule has 0 bridgehead atoms. The summed E-state index contributed by atoms with van der Waals surface area (Å²) in [6.07, 6.45) is 0. The quantitative estimate of drug-likeness (QED) is 0.277. The monoisotopic (exact) mass is 427 g/mol. The van der Waals surface area contributed by atoms with Gasteiger partial charge >= 0.3 is 0 Å². The molecule has 0 saturated carbocycles. The van der Waals surface area contributed by atoms with E-state index in [-0.39, 0.29) is 0 Å². The van der Waals surface area contributed by atoms with Crippen LogP contribution in [-0.4, -0.2) is 21.4 Å². The normalized spacial score (nSPS) is 14.1. The van der Waals surface area contributed by atoms with Crippen molar-refractivity contribution in [2.24, 2.45) is 41.2 Å². The van der Waals surface area contributed by atoms with E-state index in [1.165, 1.54) is 36.3 Å². The highest BCUT2D eigenvalue weighted by molar-refractivity contribution is 6.99. The van der Waals surface area contributed by atoms with Gasteiger partial charge in [0, 0.05) is 0 Å². The van der Waals surface area contributed by atoms with Crippen LogP contribution in [0.2, 0.25) is 36.3 Å². The molecule has 0 radical (unpaired) electrons. The lowest BCUT2D eigenvalue weighted by Gasteiger charge is -2.52. The van der Waals surface area contributed by atoms with E-state index in [1.807, 2.05) is 0 Å². The minimum Gasteiger partial charge on any atom is -0.333 e. The summed E-state index contributed by atoms with van der Waals surface area (Å²) >= 11 is 0. The largest absolute Gasteiger partial charge is 0.333 e. The molecule has 0 aromatic heterocycles. The van der Waals surface area contributed by atoms with Crippen molar-refractivity contribution in [3.8, 4) is 0 Å². The number of rotatable bonds is 14. The Bertz CT molecular complexity index is 322. The number of hydrogen-bond acceptors (Lipinski definition) is 1. The van der Waals surface area contributed by atoms with Crippen LogP contribution >= 0.6 is 0 Å². The second-order valence-corrected chi connectivity index (χ2v) is 22.5. The van der Waals surface area contributed by atoms with Gasteiger partial charge in [0.05, 0.1) is 16.1 Å². The van der Waals surface area contributed by atoms with Gasteiger partial charge in [-0.05, 0) is 40.8 Å². The third-order valence-electron chi connectivity index (χ3n) is 6.21. The predicted octanol–water partition coefficient (Wildman–Crippen LogP) is 8.23. The summed E-state index contributed by atoms with van der Waals surface area (Å²) in [6, 6.07) is 8.63. The molecular weight excluding hydrogens is 370 g/mol. The minimum absolute atomic E-state index is 0.555. The van der Waals surface area contributed by atoms with Gasteiger partial charge < -0.3 is 5.73 Å². The fourth-order valence-electron chi connectivity index (χ4n) is 6.79. The highest BCUT2D eigenvalue weighted by Gasteiger charge is 2.52. The van der Waals surface area contributed by atoms with Gasteiger partial charge in [-0.15, -0.1) is 0 Å². The van der Waals surface area contributed by atoms with Crippen LogP contribution in [0.15, 0.2) is 0 Å². The van der Waals surface area contributed by atoms with Crippen LogP contribution in [0.3, 0.4) is 0 Å². The van der Waals surface area contributed by atoms with E-state index >= 15 is 0 Å². The first-order valence-electron chi connectivity index (χ1n) is 12.4. The first-order chi connectivity index (χ1) is 12.7. The summed E-state index contributed by atoms with van der Waals surface area (Å²) in [6.45, 7) is 29.4. The van der Waals surface area contributed by atoms with E-state index in [0.29, 0.717) is 5.29 Å². The van der Waals surface area contributed by atoms with Crippen LogP contribution in [-0.2, 0) is 0 Å². The fraction of sp³-hybridized carbons (Fsp3) is 1.00. The smallest absolute Gasteiger partial charge is 0.0695 e. The molecule has 0 aliphatic carbocycles. The van der Waals surface area contributed by atoms with Crippen LogP contribution < -0.4 is 5.73 Å². The van der Waals surface area contributed by atoms with Crippen molar-refractivity contribution < 1.29 is 0 Å². The molecule has 0 aliphatic heterocycles. The standard InChI is InChI=1S/C25H57NSi2/c1-19(2)13-27(14-20(3)4,15-21(5)6)25(26)28(16-22(7)8,17-23(9)10)18-24(11)12/h19-25H,13-18,26H2,1-12H3. The second-order valence-electron chi connectivity index (χ2n) is 12.8. The molecule has 0 saturated heterocycles. The Labute approximate surface area is 182 Å². The van der Waals surface area contributed by atoms with Gasteiger partial charge in [-0.25, -0.2) is 0 Å². The van der Waals surface area contributed by atoms with Crippen molar-refractivity contribution in [3.05, 3.63) is 0 Å². The highest BCUT2D eigenvalue weighted by atomic mass is 28.4. The Morgan fingerprint density at radius 1 is 0.393 bits per heavy atom. The maximum absolute atomic E-state index is 7.65. The van der Waals surface area contributed by atoms with Crippen molar-refractivity contribution in [2.75, 3.05) is 0 Å². The van der Waals surface area contributed by atoms with E-state index < -0.39 is 16.1 Å². The summed E-state index contributed by atoms with van der Waals surface area (Å²) in [7, 11) is -3.17. The van der Waals surface area contributed by atoms with Gasteiger partial charge in [-0.3, -0.25) is 0 Å². The van der Waals surface area contributed by atoms with Crippen LogP contribution in [0.1, 0.15) is 83.1 Å². The van der Waals surface area contributed by atoms with Gasteiger partial charge in [0.15, 0.2) is 0 Å². The van der Waals surface area contributed by atoms with Crippen LogP contribution in [0.5, 0.6) is 0 Å². The Hall–Kier alpha value is 0.394. The van der Waals surface area contributed by atoms with Crippen LogP contribution in [0, 0.1) is 35.5 Å². The molecule has 0 aromatic rings. The molecule has 2 N–H and O–H groups in total. The molecule has 28 heavy (non-hydrogen) atoms. The average molecular weight is 428 g/mol. The van der Waals surface area contributed by atoms with Crippen molar-refractivity contribution >= 4 is 16.1 Å². The molecule has 170 valence electrons. The van der Waals surface area contributed by atoms with Crippen molar-refractivity contribution in [3.63, 3.8) is 0 Å². The Morgan fingerprint density at radius 2 is 0.536 bits per heavy atom. The van der Waals surface area contributed by atoms with Gasteiger partial charge in [-0.1, -0.05) is 119 Å². The Kier molecular flexibility index (Phi) is 12.5. The first kappa shape index (κ1) is 28.4.